The van der Waals surface area contributed by atoms with E-state index in [0.29, 0.717) is 31.8 Å². The number of carbonyl (C=O) groups is 2. The maximum Gasteiger partial charge on any atom is 0.410 e. The molecule has 1 aromatic rings. The van der Waals surface area contributed by atoms with Crippen molar-refractivity contribution < 1.29 is 14.3 Å². The van der Waals surface area contributed by atoms with Gasteiger partial charge in [-0.2, -0.15) is 0 Å². The van der Waals surface area contributed by atoms with Crippen LogP contribution in [0.5, 0.6) is 0 Å². The molecule has 32 heavy (non-hydrogen) atoms. The second kappa shape index (κ2) is 14.3. The molecule has 2 amide bonds. The van der Waals surface area contributed by atoms with Crippen LogP contribution < -0.4 is 10.6 Å². The minimum absolute atomic E-state index is 0.00620. The molecule has 0 unspecified atom stereocenters. The number of nitrogens with zero attached hydrogens (tertiary/aromatic N) is 3. The first kappa shape index (κ1) is 27.2. The highest BCUT2D eigenvalue weighted by atomic mass is 16.6. The maximum atomic E-state index is 12.4. The average molecular weight is 446 g/mol. The Balaban J connectivity index is 2.49. The summed E-state index contributed by atoms with van der Waals surface area (Å²) in [7, 11) is 0. The summed E-state index contributed by atoms with van der Waals surface area (Å²) in [4.78, 5) is 34.7. The maximum absolute atomic E-state index is 12.4. The van der Waals surface area contributed by atoms with Gasteiger partial charge in [0.25, 0.3) is 0 Å². The van der Waals surface area contributed by atoms with Crippen molar-refractivity contribution in [1.82, 2.24) is 20.2 Å². The fraction of sp³-hybridized carbons (Fsp3) is 0.667. The molecule has 0 spiro atoms. The fourth-order valence-corrected chi connectivity index (χ4v) is 2.64. The fourth-order valence-electron chi connectivity index (χ4n) is 2.64. The first-order valence-electron chi connectivity index (χ1n) is 11.5. The van der Waals surface area contributed by atoms with E-state index in [1.807, 2.05) is 34.6 Å². The Morgan fingerprint density at radius 3 is 2.56 bits per heavy atom. The number of carbonyl (C=O) groups excluding carboxylic acids is 2. The third-order valence-electron chi connectivity index (χ3n) is 4.24. The molecule has 0 aromatic carbocycles. The lowest BCUT2D eigenvalue weighted by molar-refractivity contribution is -0.122. The summed E-state index contributed by atoms with van der Waals surface area (Å²) < 4.78 is 5.41. The number of aryl methyl sites for hydroxylation is 1. The number of nitrogens with one attached hydrogen (secondary N) is 2. The van der Waals surface area contributed by atoms with Gasteiger partial charge in [0.15, 0.2) is 0 Å². The summed E-state index contributed by atoms with van der Waals surface area (Å²) in [6.07, 6.45) is 5.37. The Hall–Kier alpha value is -2.82. The van der Waals surface area contributed by atoms with Crippen LogP contribution in [0.3, 0.4) is 0 Å². The van der Waals surface area contributed by atoms with Crippen LogP contribution in [0.1, 0.15) is 78.1 Å². The van der Waals surface area contributed by atoms with Crippen LogP contribution >= 0.6 is 0 Å². The number of hydrogen-bond donors (Lipinski definition) is 2. The first-order chi connectivity index (χ1) is 15.2. The van der Waals surface area contributed by atoms with E-state index in [-0.39, 0.29) is 12.5 Å². The monoisotopic (exact) mass is 445 g/mol. The van der Waals surface area contributed by atoms with Crippen molar-refractivity contribution in [1.29, 1.82) is 0 Å². The number of hydrogen-bond acceptors (Lipinski definition) is 6. The summed E-state index contributed by atoms with van der Waals surface area (Å²) in [6, 6.07) is 0. The Labute approximate surface area is 192 Å². The van der Waals surface area contributed by atoms with Crippen molar-refractivity contribution in [2.75, 3.05) is 31.5 Å². The average Bonchev–Trinajstić information content (AvgIpc) is 2.71. The number of unbranched alkanes of at least 4 members (excludes halogenated alkanes) is 2. The van der Waals surface area contributed by atoms with Crippen molar-refractivity contribution in [3.63, 3.8) is 0 Å². The zero-order valence-corrected chi connectivity index (χ0v) is 20.5. The molecule has 0 aliphatic rings. The van der Waals surface area contributed by atoms with E-state index in [1.54, 1.807) is 6.20 Å². The van der Waals surface area contributed by atoms with Crippen LogP contribution in [0.2, 0.25) is 0 Å². The molecular weight excluding hydrogens is 406 g/mol. The van der Waals surface area contributed by atoms with E-state index < -0.39 is 11.7 Å². The van der Waals surface area contributed by atoms with E-state index in [1.165, 1.54) is 4.90 Å². The van der Waals surface area contributed by atoms with E-state index in [2.05, 4.69) is 39.4 Å². The molecule has 0 aliphatic carbocycles. The molecule has 0 atom stereocenters. The van der Waals surface area contributed by atoms with Crippen LogP contribution in [0.4, 0.5) is 10.6 Å². The summed E-state index contributed by atoms with van der Waals surface area (Å²) in [5.74, 6) is 7.50. The molecule has 8 heteroatoms. The molecule has 0 fully saturated rings. The second-order valence-electron chi connectivity index (χ2n) is 8.62. The van der Waals surface area contributed by atoms with Crippen molar-refractivity contribution in [3.8, 4) is 11.8 Å². The van der Waals surface area contributed by atoms with E-state index in [4.69, 9.17) is 4.74 Å². The van der Waals surface area contributed by atoms with E-state index in [9.17, 15) is 9.59 Å². The molecule has 0 saturated carbocycles. The molecule has 0 radical (unpaired) electrons. The lowest BCUT2D eigenvalue weighted by atomic mass is 10.2. The Morgan fingerprint density at radius 1 is 1.16 bits per heavy atom. The van der Waals surface area contributed by atoms with Crippen molar-refractivity contribution in [3.05, 3.63) is 17.6 Å². The zero-order valence-electron chi connectivity index (χ0n) is 20.5. The van der Waals surface area contributed by atoms with Gasteiger partial charge in [0.2, 0.25) is 5.91 Å². The van der Waals surface area contributed by atoms with Gasteiger partial charge in [-0.25, -0.2) is 14.8 Å². The largest absolute Gasteiger partial charge is 0.444 e. The lowest BCUT2D eigenvalue weighted by Gasteiger charge is -2.27. The van der Waals surface area contributed by atoms with Crippen LogP contribution in [-0.2, 0) is 9.53 Å². The number of amides is 2. The van der Waals surface area contributed by atoms with Gasteiger partial charge < -0.3 is 15.4 Å². The third-order valence-corrected chi connectivity index (χ3v) is 4.24. The van der Waals surface area contributed by atoms with Gasteiger partial charge in [-0.1, -0.05) is 32.1 Å². The first-order valence-corrected chi connectivity index (χ1v) is 11.5. The molecular formula is C24H39N5O3. The molecule has 1 heterocycles. The van der Waals surface area contributed by atoms with Gasteiger partial charge in [0.1, 0.15) is 23.8 Å². The number of rotatable bonds is 11. The van der Waals surface area contributed by atoms with Crippen LogP contribution in [-0.4, -0.2) is 58.6 Å². The Morgan fingerprint density at radius 2 is 1.91 bits per heavy atom. The van der Waals surface area contributed by atoms with Gasteiger partial charge in [0, 0.05) is 32.3 Å². The van der Waals surface area contributed by atoms with Crippen molar-refractivity contribution in [2.45, 2.75) is 79.2 Å². The van der Waals surface area contributed by atoms with Crippen LogP contribution in [0, 0.1) is 18.8 Å². The molecule has 0 saturated heterocycles. The topological polar surface area (TPSA) is 96.5 Å². The van der Waals surface area contributed by atoms with Crippen LogP contribution in [0.15, 0.2) is 6.20 Å². The molecule has 0 bridgehead atoms. The van der Waals surface area contributed by atoms with Crippen molar-refractivity contribution >= 4 is 17.8 Å². The third kappa shape index (κ3) is 11.5. The smallest absolute Gasteiger partial charge is 0.410 e. The molecule has 8 nitrogen and oxygen atoms in total. The Kier molecular flexibility index (Phi) is 12.1. The summed E-state index contributed by atoms with van der Waals surface area (Å²) in [5.41, 5.74) is 0.183. The standard InChI is InChI=1S/C24H39N5O3/c1-7-9-16-29(23(31)32-24(4,5)6)18-21(30)25-15-12-10-11-13-20-17-27-19(3)28-22(20)26-14-8-2/h17H,7-10,12,14-16,18H2,1-6H3,(H,25,30)(H,26,27,28). The lowest BCUT2D eigenvalue weighted by Crippen LogP contribution is -2.43. The van der Waals surface area contributed by atoms with Gasteiger partial charge >= 0.3 is 6.09 Å². The second-order valence-corrected chi connectivity index (χ2v) is 8.62. The normalized spacial score (nSPS) is 10.7. The highest BCUT2D eigenvalue weighted by molar-refractivity contribution is 5.82. The van der Waals surface area contributed by atoms with Crippen molar-refractivity contribution in [2.24, 2.45) is 0 Å². The Bertz CT molecular complexity index is 793. The van der Waals surface area contributed by atoms with E-state index in [0.717, 1.165) is 37.2 Å². The summed E-state index contributed by atoms with van der Waals surface area (Å²) in [5, 5.41) is 6.13. The number of anilines is 1. The van der Waals surface area contributed by atoms with Gasteiger partial charge in [-0.3, -0.25) is 9.69 Å². The quantitative estimate of drug-likeness (QED) is 0.396. The summed E-state index contributed by atoms with van der Waals surface area (Å²) in [6.45, 7) is 13.2. The molecule has 0 aliphatic heterocycles. The highest BCUT2D eigenvalue weighted by Crippen LogP contribution is 2.11. The molecule has 1 rings (SSSR count). The minimum atomic E-state index is -0.592. The zero-order chi connectivity index (χ0) is 24.0. The predicted octanol–water partition coefficient (Wildman–Crippen LogP) is 3.89. The van der Waals surface area contributed by atoms with E-state index >= 15 is 0 Å². The van der Waals surface area contributed by atoms with Gasteiger partial charge in [-0.05, 0) is 47.0 Å². The van der Waals surface area contributed by atoms with Gasteiger partial charge in [-0.15, -0.1) is 0 Å². The van der Waals surface area contributed by atoms with Crippen LogP contribution in [0.25, 0.3) is 0 Å². The molecule has 1 aromatic heterocycles. The SMILES string of the molecule is CCCCN(CC(=O)NCCCC#Cc1cnc(C)nc1NCCC)C(=O)OC(C)(C)C. The number of ether oxygens (including phenoxy) is 1. The summed E-state index contributed by atoms with van der Waals surface area (Å²) >= 11 is 0. The predicted molar refractivity (Wildman–Crippen MR) is 127 cm³/mol. The molecule has 2 N–H and O–H groups in total. The minimum Gasteiger partial charge on any atom is -0.444 e. The highest BCUT2D eigenvalue weighted by Gasteiger charge is 2.23. The molecule has 178 valence electrons. The number of aromatic nitrogens is 2. The van der Waals surface area contributed by atoms with Gasteiger partial charge in [0.05, 0.1) is 5.56 Å².